The molecule has 2 aliphatic heterocycles. The molecule has 0 unspecified atom stereocenters. The molecule has 0 saturated carbocycles. The molecule has 200 valence electrons. The van der Waals surface area contributed by atoms with E-state index < -0.39 is 0 Å². The van der Waals surface area contributed by atoms with Crippen molar-refractivity contribution in [2.75, 3.05) is 37.5 Å². The number of aryl methyl sites for hydroxylation is 1. The molecule has 1 saturated heterocycles. The molecule has 6 rings (SSSR count). The van der Waals surface area contributed by atoms with Crippen molar-refractivity contribution < 1.29 is 19.1 Å². The Hall–Kier alpha value is -3.99. The number of aromatic nitrogens is 1. The van der Waals surface area contributed by atoms with Crippen molar-refractivity contribution in [3.63, 3.8) is 0 Å². The second-order valence-corrected chi connectivity index (χ2v) is 10.9. The highest BCUT2D eigenvalue weighted by Crippen LogP contribution is 2.46. The highest BCUT2D eigenvalue weighted by molar-refractivity contribution is 7.21. The van der Waals surface area contributed by atoms with Crippen LogP contribution in [-0.2, 0) is 4.74 Å². The largest absolute Gasteiger partial charge is 0.457 e. The molecule has 39 heavy (non-hydrogen) atoms. The van der Waals surface area contributed by atoms with Crippen molar-refractivity contribution in [2.24, 2.45) is 0 Å². The molecule has 4 aromatic rings. The number of carbonyl (C=O) groups is 2. The standard InChI is InChI=1S/C29H29N5O4S/c1-17-13-20(38-19-7-5-4-6-8-19)9-10-22(17)34-23-11-12-30-28-24(23)25(32-29(34)36)26(39-28)27(35)31-18-14-21(37-3)16-33(2)15-18/h4-13,18,21H,14-16H2,1-3H3,(H,31,35)(H,32,36)/t18-,21+/m1/s1. The number of carbonyl (C=O) groups excluding carboxylic acids is 2. The van der Waals surface area contributed by atoms with Crippen LogP contribution in [0.2, 0.25) is 0 Å². The van der Waals surface area contributed by atoms with Crippen LogP contribution in [0.4, 0.5) is 21.9 Å². The predicted octanol–water partition coefficient (Wildman–Crippen LogP) is 5.53. The number of para-hydroxylation sites is 1. The van der Waals surface area contributed by atoms with Crippen LogP contribution in [0.15, 0.2) is 60.8 Å². The smallest absolute Gasteiger partial charge is 0.331 e. The van der Waals surface area contributed by atoms with E-state index in [0.717, 1.165) is 41.9 Å². The van der Waals surface area contributed by atoms with Crippen LogP contribution in [0.5, 0.6) is 11.5 Å². The minimum atomic E-state index is -0.334. The molecule has 4 heterocycles. The molecule has 3 amide bonds. The third kappa shape index (κ3) is 4.82. The van der Waals surface area contributed by atoms with Crippen LogP contribution in [0.3, 0.4) is 0 Å². The maximum atomic E-state index is 13.5. The van der Waals surface area contributed by atoms with E-state index in [-0.39, 0.29) is 24.1 Å². The number of urea groups is 1. The van der Waals surface area contributed by atoms with Gasteiger partial charge >= 0.3 is 6.03 Å². The summed E-state index contributed by atoms with van der Waals surface area (Å²) in [5, 5.41) is 6.88. The van der Waals surface area contributed by atoms with Crippen molar-refractivity contribution in [2.45, 2.75) is 25.5 Å². The maximum Gasteiger partial charge on any atom is 0.331 e. The van der Waals surface area contributed by atoms with E-state index in [9.17, 15) is 9.59 Å². The second-order valence-electron chi connectivity index (χ2n) is 9.93. The fourth-order valence-corrected chi connectivity index (χ4v) is 6.36. The van der Waals surface area contributed by atoms with E-state index in [1.807, 2.05) is 68.6 Å². The average Bonchev–Trinajstić information content (AvgIpc) is 3.29. The Bertz CT molecular complexity index is 1560. The van der Waals surface area contributed by atoms with Gasteiger partial charge in [-0.05, 0) is 62.4 Å². The summed E-state index contributed by atoms with van der Waals surface area (Å²) in [5.41, 5.74) is 2.78. The molecule has 0 bridgehead atoms. The number of hydrogen-bond donors (Lipinski definition) is 2. The molecule has 0 radical (unpaired) electrons. The molecule has 0 aliphatic carbocycles. The van der Waals surface area contributed by atoms with Crippen molar-refractivity contribution in [3.8, 4) is 11.5 Å². The normalized spacial score (nSPS) is 19.2. The summed E-state index contributed by atoms with van der Waals surface area (Å²) in [7, 11) is 3.71. The minimum Gasteiger partial charge on any atom is -0.457 e. The summed E-state index contributed by atoms with van der Waals surface area (Å²) in [6.45, 7) is 3.50. The number of anilines is 3. The SMILES string of the molecule is CO[C@H]1C[C@@H](NC(=O)c2sc3nccc4c3c2NC(=O)N4c2ccc(Oc3ccccc3)cc2C)CN(C)C1. The third-order valence-corrected chi connectivity index (χ3v) is 8.20. The number of likely N-dealkylation sites (tertiary alicyclic amines) is 1. The summed E-state index contributed by atoms with van der Waals surface area (Å²) in [6.07, 6.45) is 2.47. The monoisotopic (exact) mass is 543 g/mol. The Balaban J connectivity index is 1.31. The fraction of sp³-hybridized carbons (Fsp3) is 0.276. The van der Waals surface area contributed by atoms with Gasteiger partial charge in [0.2, 0.25) is 0 Å². The summed E-state index contributed by atoms with van der Waals surface area (Å²) < 4.78 is 11.5. The number of methoxy groups -OCH3 is 1. The minimum absolute atomic E-state index is 0.0545. The van der Waals surface area contributed by atoms with Gasteiger partial charge in [0.15, 0.2) is 0 Å². The van der Waals surface area contributed by atoms with E-state index in [2.05, 4.69) is 20.5 Å². The Kier molecular flexibility index (Phi) is 6.68. The Morgan fingerprint density at radius 3 is 2.69 bits per heavy atom. The molecule has 10 heteroatoms. The number of piperidine rings is 1. The molecule has 1 fully saturated rings. The number of pyridine rings is 1. The van der Waals surface area contributed by atoms with Gasteiger partial charge in [0.05, 0.1) is 28.6 Å². The van der Waals surface area contributed by atoms with Gasteiger partial charge in [-0.1, -0.05) is 18.2 Å². The van der Waals surface area contributed by atoms with Crippen LogP contribution in [0.1, 0.15) is 21.7 Å². The van der Waals surface area contributed by atoms with E-state index in [0.29, 0.717) is 26.8 Å². The van der Waals surface area contributed by atoms with Gasteiger partial charge < -0.3 is 25.0 Å². The first-order chi connectivity index (χ1) is 18.9. The van der Waals surface area contributed by atoms with Crippen LogP contribution < -0.4 is 20.3 Å². The summed E-state index contributed by atoms with van der Waals surface area (Å²) >= 11 is 1.28. The first kappa shape index (κ1) is 25.3. The van der Waals surface area contributed by atoms with Gasteiger partial charge in [0.25, 0.3) is 5.91 Å². The first-order valence-electron chi connectivity index (χ1n) is 12.8. The lowest BCUT2D eigenvalue weighted by molar-refractivity contribution is 0.0265. The Morgan fingerprint density at radius 2 is 1.92 bits per heavy atom. The zero-order valence-electron chi connectivity index (χ0n) is 21.9. The Labute approximate surface area is 230 Å². The van der Waals surface area contributed by atoms with E-state index in [1.165, 1.54) is 11.3 Å². The molecule has 2 atom stereocenters. The molecule has 0 spiro atoms. The molecular weight excluding hydrogens is 514 g/mol. The van der Waals surface area contributed by atoms with Crippen LogP contribution in [0.25, 0.3) is 10.2 Å². The highest BCUT2D eigenvalue weighted by Gasteiger charge is 2.34. The number of hydrogen-bond acceptors (Lipinski definition) is 7. The first-order valence-corrected chi connectivity index (χ1v) is 13.6. The number of likely N-dealkylation sites (N-methyl/N-ethyl adjacent to an activating group) is 1. The molecule has 2 aromatic heterocycles. The quantitative estimate of drug-likeness (QED) is 0.332. The summed E-state index contributed by atoms with van der Waals surface area (Å²) in [6, 6.07) is 16.6. The molecule has 2 aliphatic rings. The second kappa shape index (κ2) is 10.3. The number of amides is 3. The van der Waals surface area contributed by atoms with Crippen molar-refractivity contribution in [1.29, 1.82) is 0 Å². The number of thiophene rings is 1. The van der Waals surface area contributed by atoms with E-state index >= 15 is 0 Å². The molecule has 2 aromatic carbocycles. The van der Waals surface area contributed by atoms with E-state index in [1.54, 1.807) is 18.2 Å². The van der Waals surface area contributed by atoms with Gasteiger partial charge in [-0.15, -0.1) is 11.3 Å². The zero-order chi connectivity index (χ0) is 27.1. The number of nitrogens with zero attached hydrogens (tertiary/aromatic N) is 3. The number of ether oxygens (including phenoxy) is 2. The summed E-state index contributed by atoms with van der Waals surface area (Å²) in [5.74, 6) is 1.20. The maximum absolute atomic E-state index is 13.5. The van der Waals surface area contributed by atoms with Crippen LogP contribution in [-0.4, -0.2) is 61.2 Å². The van der Waals surface area contributed by atoms with Crippen molar-refractivity contribution >= 4 is 50.6 Å². The highest BCUT2D eigenvalue weighted by atomic mass is 32.1. The topological polar surface area (TPSA) is 96.0 Å². The van der Waals surface area contributed by atoms with E-state index in [4.69, 9.17) is 9.47 Å². The number of rotatable bonds is 6. The number of benzene rings is 2. The van der Waals surface area contributed by atoms with Crippen LogP contribution >= 0.6 is 11.3 Å². The van der Waals surface area contributed by atoms with Gasteiger partial charge in [-0.3, -0.25) is 9.69 Å². The van der Waals surface area contributed by atoms with Gasteiger partial charge in [0, 0.05) is 32.4 Å². The molecule has 9 nitrogen and oxygen atoms in total. The fourth-order valence-electron chi connectivity index (χ4n) is 5.34. The van der Waals surface area contributed by atoms with Crippen molar-refractivity contribution in [3.05, 3.63) is 71.2 Å². The van der Waals surface area contributed by atoms with Gasteiger partial charge in [-0.25, -0.2) is 9.78 Å². The van der Waals surface area contributed by atoms with Crippen molar-refractivity contribution in [1.82, 2.24) is 15.2 Å². The lowest BCUT2D eigenvalue weighted by Crippen LogP contribution is -2.51. The lowest BCUT2D eigenvalue weighted by Gasteiger charge is -2.35. The Morgan fingerprint density at radius 1 is 1.10 bits per heavy atom. The van der Waals surface area contributed by atoms with Gasteiger partial charge in [-0.2, -0.15) is 0 Å². The van der Waals surface area contributed by atoms with Crippen LogP contribution in [0, 0.1) is 6.92 Å². The average molecular weight is 544 g/mol. The molecule has 2 N–H and O–H groups in total. The third-order valence-electron chi connectivity index (χ3n) is 7.10. The summed E-state index contributed by atoms with van der Waals surface area (Å²) in [4.78, 5) is 36.4. The predicted molar refractivity (Wildman–Crippen MR) is 153 cm³/mol. The lowest BCUT2D eigenvalue weighted by atomic mass is 10.0. The zero-order valence-corrected chi connectivity index (χ0v) is 22.7. The van der Waals surface area contributed by atoms with Gasteiger partial charge in [0.1, 0.15) is 21.2 Å². The number of nitrogens with one attached hydrogen (secondary N) is 2. The molecular formula is C29H29N5O4S.